The van der Waals surface area contributed by atoms with Crippen LogP contribution in [-0.4, -0.2) is 57.9 Å². The van der Waals surface area contributed by atoms with Crippen molar-refractivity contribution >= 4 is 17.8 Å². The summed E-state index contributed by atoms with van der Waals surface area (Å²) < 4.78 is 52.1. The first-order valence-corrected chi connectivity index (χ1v) is 13.2. The number of carbonyl (C=O) groups is 1. The zero-order chi connectivity index (χ0) is 27.8. The summed E-state index contributed by atoms with van der Waals surface area (Å²) in [7, 11) is 0. The molecule has 0 aliphatic heterocycles. The average molecular weight is 547 g/mol. The number of amides is 1. The van der Waals surface area contributed by atoms with Gasteiger partial charge in [0.1, 0.15) is 23.6 Å². The van der Waals surface area contributed by atoms with Crippen molar-refractivity contribution in [1.29, 1.82) is 0 Å². The van der Waals surface area contributed by atoms with Crippen LogP contribution >= 0.6 is 0 Å². The highest BCUT2D eigenvalue weighted by molar-refractivity contribution is 5.80. The molecule has 1 amide bonds. The molecule has 3 aromatic heterocycles. The van der Waals surface area contributed by atoms with Gasteiger partial charge >= 0.3 is 6.18 Å². The van der Waals surface area contributed by atoms with E-state index in [1.807, 2.05) is 13.0 Å². The van der Waals surface area contributed by atoms with Crippen LogP contribution in [0.3, 0.4) is 0 Å². The molecule has 0 unspecified atom stereocenters. The smallest absolute Gasteiger partial charge is 0.412 e. The number of nitrogens with one attached hydrogen (secondary N) is 2. The van der Waals surface area contributed by atoms with Crippen molar-refractivity contribution in [2.24, 2.45) is 0 Å². The van der Waals surface area contributed by atoms with E-state index in [-0.39, 0.29) is 25.3 Å². The summed E-state index contributed by atoms with van der Waals surface area (Å²) in [5.41, 5.74) is 1.12. The minimum atomic E-state index is -4.35. The SMILES string of the molecule is CCCCc1cc(NCC(=O)NCCCOCC)nc(-n2cnc(-c3cc4c(o3)CCC(C(F)(F)F)=C4)c2)n1. The van der Waals surface area contributed by atoms with Gasteiger partial charge in [0.25, 0.3) is 0 Å². The van der Waals surface area contributed by atoms with Crippen molar-refractivity contribution in [2.75, 3.05) is 31.6 Å². The molecule has 12 heteroatoms. The number of alkyl halides is 3. The summed E-state index contributed by atoms with van der Waals surface area (Å²) in [5, 5.41) is 5.91. The maximum Gasteiger partial charge on any atom is 0.412 e. The second-order valence-electron chi connectivity index (χ2n) is 9.22. The third-order valence-electron chi connectivity index (χ3n) is 6.20. The molecule has 2 N–H and O–H groups in total. The number of furan rings is 1. The van der Waals surface area contributed by atoms with Crippen LogP contribution < -0.4 is 10.6 Å². The Bertz CT molecular complexity index is 1300. The number of allylic oxidation sites excluding steroid dienone is 1. The summed E-state index contributed by atoms with van der Waals surface area (Å²) in [6.45, 7) is 5.84. The molecular weight excluding hydrogens is 513 g/mol. The predicted molar refractivity (Wildman–Crippen MR) is 140 cm³/mol. The van der Waals surface area contributed by atoms with Gasteiger partial charge in [-0.2, -0.15) is 18.2 Å². The Balaban J connectivity index is 1.48. The summed E-state index contributed by atoms with van der Waals surface area (Å²) in [5.74, 6) is 1.59. The van der Waals surface area contributed by atoms with Gasteiger partial charge in [-0.05, 0) is 44.7 Å². The standard InChI is InChI=1S/C27H33F3N6O3/c1-3-5-7-20-14-24(32-15-25(37)31-10-6-11-38-4-2)35-26(34-20)36-16-21(33-17-36)23-13-18-12-19(27(28,29)30)8-9-22(18)39-23/h12-14,16-17H,3-11,15H2,1-2H3,(H,31,37)(H,32,34,35). The molecule has 9 nitrogen and oxygen atoms in total. The van der Waals surface area contributed by atoms with Gasteiger partial charge in [-0.1, -0.05) is 13.3 Å². The number of hydrogen-bond acceptors (Lipinski definition) is 7. The highest BCUT2D eigenvalue weighted by atomic mass is 19.4. The number of unbranched alkanes of at least 4 members (excludes halogenated alkanes) is 1. The fourth-order valence-electron chi connectivity index (χ4n) is 4.13. The Hall–Kier alpha value is -3.67. The molecule has 4 rings (SSSR count). The van der Waals surface area contributed by atoms with Crippen LogP contribution in [0.15, 0.2) is 34.6 Å². The van der Waals surface area contributed by atoms with Crippen LogP contribution in [-0.2, 0) is 22.4 Å². The summed E-state index contributed by atoms with van der Waals surface area (Å²) in [4.78, 5) is 25.8. The van der Waals surface area contributed by atoms with E-state index in [0.717, 1.165) is 37.5 Å². The van der Waals surface area contributed by atoms with E-state index < -0.39 is 11.7 Å². The number of anilines is 1. The number of ether oxygens (including phenoxy) is 1. The number of carbonyl (C=O) groups excluding carboxylic acids is 1. The number of nitrogens with zero attached hydrogens (tertiary/aromatic N) is 4. The van der Waals surface area contributed by atoms with Gasteiger partial charge in [0, 0.05) is 55.3 Å². The van der Waals surface area contributed by atoms with Gasteiger partial charge in [0.2, 0.25) is 11.9 Å². The molecule has 0 atom stereocenters. The minimum absolute atomic E-state index is 0.0544. The van der Waals surface area contributed by atoms with Gasteiger partial charge in [-0.25, -0.2) is 9.97 Å². The summed E-state index contributed by atoms with van der Waals surface area (Å²) >= 11 is 0. The largest absolute Gasteiger partial charge is 0.459 e. The van der Waals surface area contributed by atoms with Gasteiger partial charge < -0.3 is 19.8 Å². The molecule has 0 spiro atoms. The first-order chi connectivity index (χ1) is 18.8. The Morgan fingerprint density at radius 1 is 1.18 bits per heavy atom. The molecular formula is C27H33F3N6O3. The van der Waals surface area contributed by atoms with E-state index in [2.05, 4.69) is 32.5 Å². The maximum absolute atomic E-state index is 13.1. The Kier molecular flexibility index (Phi) is 9.39. The van der Waals surface area contributed by atoms with Gasteiger partial charge in [0.05, 0.1) is 6.54 Å². The number of hydrogen-bond donors (Lipinski definition) is 2. The zero-order valence-electron chi connectivity index (χ0n) is 22.1. The van der Waals surface area contributed by atoms with Crippen LogP contribution in [0.2, 0.25) is 0 Å². The monoisotopic (exact) mass is 546 g/mol. The quantitative estimate of drug-likeness (QED) is 0.287. The van der Waals surface area contributed by atoms with Gasteiger partial charge in [-0.15, -0.1) is 0 Å². The lowest BCUT2D eigenvalue weighted by Gasteiger charge is -2.14. The van der Waals surface area contributed by atoms with Crippen LogP contribution in [0, 0.1) is 0 Å². The summed E-state index contributed by atoms with van der Waals surface area (Å²) in [6.07, 6.45) is 3.46. The number of imidazole rings is 1. The second kappa shape index (κ2) is 12.9. The Morgan fingerprint density at radius 3 is 2.79 bits per heavy atom. The van der Waals surface area contributed by atoms with E-state index in [4.69, 9.17) is 9.15 Å². The molecule has 210 valence electrons. The van der Waals surface area contributed by atoms with Crippen molar-refractivity contribution in [2.45, 2.75) is 58.5 Å². The second-order valence-corrected chi connectivity index (χ2v) is 9.22. The van der Waals surface area contributed by atoms with E-state index in [9.17, 15) is 18.0 Å². The first-order valence-electron chi connectivity index (χ1n) is 13.2. The first kappa shape index (κ1) is 28.3. The molecule has 0 saturated heterocycles. The Labute approximate surface area is 224 Å². The van der Waals surface area contributed by atoms with Crippen molar-refractivity contribution in [3.8, 4) is 17.4 Å². The molecule has 0 bridgehead atoms. The fourth-order valence-corrected chi connectivity index (χ4v) is 4.13. The summed E-state index contributed by atoms with van der Waals surface area (Å²) in [6, 6.07) is 3.40. The number of aryl methyl sites for hydroxylation is 2. The van der Waals surface area contributed by atoms with E-state index in [1.165, 1.54) is 6.33 Å². The number of halogens is 3. The molecule has 1 aliphatic rings. The highest BCUT2D eigenvalue weighted by Crippen LogP contribution is 2.37. The minimum Gasteiger partial charge on any atom is -0.459 e. The highest BCUT2D eigenvalue weighted by Gasteiger charge is 2.35. The predicted octanol–water partition coefficient (Wildman–Crippen LogP) is 5.11. The molecule has 3 heterocycles. The van der Waals surface area contributed by atoms with Crippen LogP contribution in [0.5, 0.6) is 0 Å². The molecule has 0 radical (unpaired) electrons. The fraction of sp³-hybridized carbons (Fsp3) is 0.481. The van der Waals surface area contributed by atoms with Crippen LogP contribution in [0.1, 0.15) is 56.5 Å². The normalized spacial score (nSPS) is 13.2. The van der Waals surface area contributed by atoms with Crippen molar-refractivity contribution in [3.63, 3.8) is 0 Å². The average Bonchev–Trinajstić information content (AvgIpc) is 3.57. The molecule has 0 fully saturated rings. The van der Waals surface area contributed by atoms with E-state index in [1.54, 1.807) is 16.8 Å². The maximum atomic E-state index is 13.1. The molecule has 3 aromatic rings. The Morgan fingerprint density at radius 2 is 2.03 bits per heavy atom. The van der Waals surface area contributed by atoms with E-state index >= 15 is 0 Å². The van der Waals surface area contributed by atoms with Crippen molar-refractivity contribution in [1.82, 2.24) is 24.8 Å². The van der Waals surface area contributed by atoms with Crippen molar-refractivity contribution < 1.29 is 27.1 Å². The lowest BCUT2D eigenvalue weighted by molar-refractivity contribution is -0.119. The number of aromatic nitrogens is 4. The molecule has 0 aromatic carbocycles. The molecule has 0 saturated carbocycles. The van der Waals surface area contributed by atoms with Crippen molar-refractivity contribution in [3.05, 3.63) is 47.2 Å². The topological polar surface area (TPSA) is 107 Å². The lowest BCUT2D eigenvalue weighted by Crippen LogP contribution is -2.31. The van der Waals surface area contributed by atoms with Gasteiger partial charge in [0.15, 0.2) is 5.76 Å². The molecule has 39 heavy (non-hydrogen) atoms. The number of rotatable bonds is 13. The zero-order valence-corrected chi connectivity index (χ0v) is 22.1. The van der Waals surface area contributed by atoms with Crippen LogP contribution in [0.25, 0.3) is 23.5 Å². The lowest BCUT2D eigenvalue weighted by atomic mass is 9.98. The number of fused-ring (bicyclic) bond motifs is 1. The van der Waals surface area contributed by atoms with Crippen LogP contribution in [0.4, 0.5) is 19.0 Å². The third-order valence-corrected chi connectivity index (χ3v) is 6.20. The van der Waals surface area contributed by atoms with E-state index in [0.29, 0.717) is 54.3 Å². The molecule has 1 aliphatic carbocycles. The third kappa shape index (κ3) is 7.69. The van der Waals surface area contributed by atoms with Gasteiger partial charge in [-0.3, -0.25) is 9.36 Å².